The van der Waals surface area contributed by atoms with E-state index in [2.05, 4.69) is 9.82 Å². The number of hydrogen-bond donors (Lipinski definition) is 1. The van der Waals surface area contributed by atoms with E-state index >= 15 is 0 Å². The molecule has 88 valence electrons. The molecule has 0 bridgehead atoms. The molecule has 2 heterocycles. The summed E-state index contributed by atoms with van der Waals surface area (Å²) >= 11 is 0. The first-order valence-corrected chi connectivity index (χ1v) is 5.26. The number of aromatic nitrogens is 1. The van der Waals surface area contributed by atoms with Gasteiger partial charge in [0.25, 0.3) is 0 Å². The van der Waals surface area contributed by atoms with Crippen molar-refractivity contribution >= 4 is 11.7 Å². The molecule has 1 amide bonds. The molecular weight excluding hydrogens is 220 g/mol. The van der Waals surface area contributed by atoms with Gasteiger partial charge in [-0.25, -0.2) is 10.9 Å². The van der Waals surface area contributed by atoms with Crippen molar-refractivity contribution in [3.63, 3.8) is 0 Å². The Morgan fingerprint density at radius 1 is 1.59 bits per heavy atom. The van der Waals surface area contributed by atoms with Crippen LogP contribution in [0.2, 0.25) is 0 Å². The van der Waals surface area contributed by atoms with Gasteiger partial charge in [0.2, 0.25) is 5.91 Å². The Hall–Kier alpha value is -1.97. The number of hydrogen-bond acceptors (Lipinski definition) is 5. The highest BCUT2D eigenvalue weighted by atomic mass is 16.6. The molecule has 1 aliphatic heterocycles. The maximum absolute atomic E-state index is 11.8. The van der Waals surface area contributed by atoms with E-state index in [1.165, 1.54) is 6.20 Å². The molecular formula is C11H12N4O2. The molecule has 1 saturated heterocycles. The van der Waals surface area contributed by atoms with Crippen LogP contribution in [0.25, 0.3) is 0 Å². The first kappa shape index (κ1) is 11.5. The molecule has 1 fully saturated rings. The van der Waals surface area contributed by atoms with Crippen molar-refractivity contribution < 1.29 is 9.63 Å². The van der Waals surface area contributed by atoms with Crippen LogP contribution in [0.4, 0.5) is 5.82 Å². The second-order valence-corrected chi connectivity index (χ2v) is 3.81. The number of rotatable bonds is 2. The molecule has 6 heteroatoms. The molecule has 0 spiro atoms. The van der Waals surface area contributed by atoms with E-state index in [0.717, 1.165) is 0 Å². The quantitative estimate of drug-likeness (QED) is 0.742. The molecule has 0 aliphatic carbocycles. The summed E-state index contributed by atoms with van der Waals surface area (Å²) in [7, 11) is 0. The average Bonchev–Trinajstić information content (AvgIpc) is 2.39. The fourth-order valence-corrected chi connectivity index (χ4v) is 1.78. The van der Waals surface area contributed by atoms with Crippen LogP contribution in [0.3, 0.4) is 0 Å². The predicted molar refractivity (Wildman–Crippen MR) is 59.6 cm³/mol. The van der Waals surface area contributed by atoms with E-state index in [9.17, 15) is 4.79 Å². The molecule has 6 nitrogen and oxygen atoms in total. The van der Waals surface area contributed by atoms with Gasteiger partial charge < -0.3 is 4.84 Å². The zero-order valence-corrected chi connectivity index (χ0v) is 9.17. The van der Waals surface area contributed by atoms with E-state index in [4.69, 9.17) is 11.2 Å². The minimum Gasteiger partial charge on any atom is -0.301 e. The van der Waals surface area contributed by atoms with Crippen LogP contribution in [-0.2, 0) is 9.63 Å². The van der Waals surface area contributed by atoms with Gasteiger partial charge in [-0.2, -0.15) is 5.26 Å². The number of carbonyl (C=O) groups excluding carboxylic acids is 1. The highest BCUT2D eigenvalue weighted by molar-refractivity contribution is 5.93. The van der Waals surface area contributed by atoms with Crippen molar-refractivity contribution in [3.05, 3.63) is 23.9 Å². The lowest BCUT2D eigenvalue weighted by atomic mass is 10.1. The maximum Gasteiger partial charge on any atom is 0.230 e. The van der Waals surface area contributed by atoms with Gasteiger partial charge in [0.1, 0.15) is 11.9 Å². The standard InChI is InChI=1S/C11H12N4O2/c12-6-8-1-2-10(14-7-8)15-4-3-9(17-13)5-11(15)16/h1-2,7,9H,3-5,13H2. The van der Waals surface area contributed by atoms with E-state index in [0.29, 0.717) is 24.3 Å². The smallest absolute Gasteiger partial charge is 0.230 e. The maximum atomic E-state index is 11.8. The lowest BCUT2D eigenvalue weighted by molar-refractivity contribution is -0.123. The fraction of sp³-hybridized carbons (Fsp3) is 0.364. The van der Waals surface area contributed by atoms with Gasteiger partial charge in [-0.3, -0.25) is 9.69 Å². The van der Waals surface area contributed by atoms with Gasteiger partial charge >= 0.3 is 0 Å². The Morgan fingerprint density at radius 3 is 2.94 bits per heavy atom. The van der Waals surface area contributed by atoms with Crippen LogP contribution >= 0.6 is 0 Å². The van der Waals surface area contributed by atoms with Gasteiger partial charge in [0.05, 0.1) is 18.1 Å². The molecule has 2 rings (SSSR count). The molecule has 1 aliphatic rings. The zero-order valence-electron chi connectivity index (χ0n) is 9.17. The lowest BCUT2D eigenvalue weighted by Gasteiger charge is -2.29. The van der Waals surface area contributed by atoms with E-state index in [-0.39, 0.29) is 18.4 Å². The zero-order chi connectivity index (χ0) is 12.3. The summed E-state index contributed by atoms with van der Waals surface area (Å²) < 4.78 is 0. The van der Waals surface area contributed by atoms with Crippen molar-refractivity contribution in [3.8, 4) is 6.07 Å². The molecule has 0 radical (unpaired) electrons. The second-order valence-electron chi connectivity index (χ2n) is 3.81. The van der Waals surface area contributed by atoms with Crippen molar-refractivity contribution in [1.29, 1.82) is 5.26 Å². The Bertz CT molecular complexity index is 452. The number of nitrogens with zero attached hydrogens (tertiary/aromatic N) is 3. The van der Waals surface area contributed by atoms with Crippen molar-refractivity contribution in [2.45, 2.75) is 18.9 Å². The summed E-state index contributed by atoms with van der Waals surface area (Å²) in [5.74, 6) is 5.56. The Balaban J connectivity index is 2.12. The number of amides is 1. The largest absolute Gasteiger partial charge is 0.301 e. The summed E-state index contributed by atoms with van der Waals surface area (Å²) in [5, 5.41) is 8.66. The molecule has 17 heavy (non-hydrogen) atoms. The molecule has 0 saturated carbocycles. The Labute approximate surface area is 98.6 Å². The number of anilines is 1. The van der Waals surface area contributed by atoms with Gasteiger partial charge in [0.15, 0.2) is 0 Å². The van der Waals surface area contributed by atoms with Gasteiger partial charge in [-0.15, -0.1) is 0 Å². The normalized spacial score (nSPS) is 20.1. The third-order valence-corrected chi connectivity index (χ3v) is 2.72. The minimum absolute atomic E-state index is 0.0658. The molecule has 1 unspecified atom stereocenters. The first-order valence-electron chi connectivity index (χ1n) is 5.26. The first-order chi connectivity index (χ1) is 8.24. The van der Waals surface area contributed by atoms with Crippen LogP contribution in [0, 0.1) is 11.3 Å². The van der Waals surface area contributed by atoms with Crippen molar-refractivity contribution in [2.24, 2.45) is 5.90 Å². The summed E-state index contributed by atoms with van der Waals surface area (Å²) in [5.41, 5.74) is 0.473. The summed E-state index contributed by atoms with van der Waals surface area (Å²) in [6.07, 6.45) is 2.19. The SMILES string of the molecule is N#Cc1ccc(N2CCC(ON)CC2=O)nc1. The lowest BCUT2D eigenvalue weighted by Crippen LogP contribution is -2.42. The van der Waals surface area contributed by atoms with Crippen LogP contribution in [0.5, 0.6) is 0 Å². The van der Waals surface area contributed by atoms with Crippen LogP contribution in [0.1, 0.15) is 18.4 Å². The number of nitrogens with two attached hydrogens (primary N) is 1. The second kappa shape index (κ2) is 4.91. The highest BCUT2D eigenvalue weighted by Crippen LogP contribution is 2.20. The molecule has 1 aromatic heterocycles. The van der Waals surface area contributed by atoms with Crippen LogP contribution in [0.15, 0.2) is 18.3 Å². The third kappa shape index (κ3) is 2.41. The monoisotopic (exact) mass is 232 g/mol. The van der Waals surface area contributed by atoms with Crippen molar-refractivity contribution in [1.82, 2.24) is 4.98 Å². The van der Waals surface area contributed by atoms with Gasteiger partial charge in [-0.05, 0) is 18.6 Å². The van der Waals surface area contributed by atoms with Gasteiger partial charge in [0, 0.05) is 12.7 Å². The Kier molecular flexibility index (Phi) is 3.32. The van der Waals surface area contributed by atoms with Crippen LogP contribution < -0.4 is 10.8 Å². The average molecular weight is 232 g/mol. The van der Waals surface area contributed by atoms with Crippen LogP contribution in [-0.4, -0.2) is 23.5 Å². The Morgan fingerprint density at radius 2 is 2.41 bits per heavy atom. The summed E-state index contributed by atoms with van der Waals surface area (Å²) in [6, 6.07) is 5.29. The number of piperidine rings is 1. The molecule has 0 aromatic carbocycles. The fourth-order valence-electron chi connectivity index (χ4n) is 1.78. The van der Waals surface area contributed by atoms with E-state index < -0.39 is 0 Å². The molecule has 1 atom stereocenters. The summed E-state index contributed by atoms with van der Waals surface area (Å²) in [4.78, 5) is 22.1. The summed E-state index contributed by atoms with van der Waals surface area (Å²) in [6.45, 7) is 0.527. The van der Waals surface area contributed by atoms with Gasteiger partial charge in [-0.1, -0.05) is 0 Å². The van der Waals surface area contributed by atoms with Crippen molar-refractivity contribution in [2.75, 3.05) is 11.4 Å². The highest BCUT2D eigenvalue weighted by Gasteiger charge is 2.27. The van der Waals surface area contributed by atoms with E-state index in [1.54, 1.807) is 17.0 Å². The number of nitriles is 1. The van der Waals surface area contributed by atoms with E-state index in [1.807, 2.05) is 6.07 Å². The topological polar surface area (TPSA) is 92.2 Å². The number of carbonyl (C=O) groups is 1. The predicted octanol–water partition coefficient (Wildman–Crippen LogP) is 0.339. The minimum atomic E-state index is -0.211. The molecule has 2 N–H and O–H groups in total. The molecule has 1 aromatic rings. The number of pyridine rings is 1. The third-order valence-electron chi connectivity index (χ3n) is 2.72.